The highest BCUT2D eigenvalue weighted by Gasteiger charge is 2.30. The Hall–Kier alpha value is -1.07. The Kier molecular flexibility index (Phi) is 4.47. The molecular weight excluding hydrogens is 257 g/mol. The van der Waals surface area contributed by atoms with Crippen molar-refractivity contribution >= 4 is 0 Å². The van der Waals surface area contributed by atoms with Crippen molar-refractivity contribution in [1.29, 1.82) is 0 Å². The number of benzene rings is 1. The SMILES string of the molecule is OC(Cc1ccc(C(F)(F)F)cc1)CC1CCOC1. The van der Waals surface area contributed by atoms with Crippen molar-refractivity contribution in [2.24, 2.45) is 5.92 Å². The third-order valence-electron chi connectivity index (χ3n) is 3.38. The molecule has 19 heavy (non-hydrogen) atoms. The van der Waals surface area contributed by atoms with Crippen LogP contribution in [0.4, 0.5) is 13.2 Å². The van der Waals surface area contributed by atoms with Gasteiger partial charge in [-0.25, -0.2) is 0 Å². The van der Waals surface area contributed by atoms with Crippen LogP contribution >= 0.6 is 0 Å². The average molecular weight is 274 g/mol. The summed E-state index contributed by atoms with van der Waals surface area (Å²) in [5.74, 6) is 0.365. The van der Waals surface area contributed by atoms with Crippen LogP contribution in [0.3, 0.4) is 0 Å². The van der Waals surface area contributed by atoms with Gasteiger partial charge in [0, 0.05) is 13.2 Å². The van der Waals surface area contributed by atoms with Crippen LogP contribution in [0.1, 0.15) is 24.0 Å². The fourth-order valence-corrected chi connectivity index (χ4v) is 2.34. The van der Waals surface area contributed by atoms with Crippen LogP contribution in [-0.2, 0) is 17.3 Å². The summed E-state index contributed by atoms with van der Waals surface area (Å²) in [7, 11) is 0. The summed E-state index contributed by atoms with van der Waals surface area (Å²) in [6, 6.07) is 4.97. The van der Waals surface area contributed by atoms with Crippen LogP contribution in [-0.4, -0.2) is 24.4 Å². The number of rotatable bonds is 4. The molecule has 5 heteroatoms. The van der Waals surface area contributed by atoms with Crippen LogP contribution in [0, 0.1) is 5.92 Å². The van der Waals surface area contributed by atoms with Gasteiger partial charge in [0.2, 0.25) is 0 Å². The summed E-state index contributed by atoms with van der Waals surface area (Å²) >= 11 is 0. The number of aliphatic hydroxyl groups excluding tert-OH is 1. The van der Waals surface area contributed by atoms with Crippen LogP contribution < -0.4 is 0 Å². The lowest BCUT2D eigenvalue weighted by molar-refractivity contribution is -0.137. The Morgan fingerprint density at radius 3 is 2.47 bits per heavy atom. The van der Waals surface area contributed by atoms with E-state index in [2.05, 4.69) is 0 Å². The van der Waals surface area contributed by atoms with Crippen molar-refractivity contribution in [3.8, 4) is 0 Å². The van der Waals surface area contributed by atoms with Gasteiger partial charge in [-0.3, -0.25) is 0 Å². The molecule has 1 fully saturated rings. The molecule has 1 aliphatic rings. The molecule has 0 aromatic heterocycles. The van der Waals surface area contributed by atoms with Gasteiger partial charge in [0.15, 0.2) is 0 Å². The zero-order valence-electron chi connectivity index (χ0n) is 10.5. The molecule has 2 unspecified atom stereocenters. The van der Waals surface area contributed by atoms with E-state index < -0.39 is 17.8 Å². The van der Waals surface area contributed by atoms with E-state index >= 15 is 0 Å². The van der Waals surface area contributed by atoms with Crippen molar-refractivity contribution in [2.75, 3.05) is 13.2 Å². The maximum Gasteiger partial charge on any atom is 0.416 e. The van der Waals surface area contributed by atoms with Crippen LogP contribution in [0.2, 0.25) is 0 Å². The fourth-order valence-electron chi connectivity index (χ4n) is 2.34. The van der Waals surface area contributed by atoms with Crippen molar-refractivity contribution in [2.45, 2.75) is 31.5 Å². The second kappa shape index (κ2) is 5.92. The molecule has 1 heterocycles. The van der Waals surface area contributed by atoms with Crippen molar-refractivity contribution < 1.29 is 23.0 Å². The number of ether oxygens (including phenoxy) is 1. The van der Waals surface area contributed by atoms with E-state index in [1.54, 1.807) is 0 Å². The first kappa shape index (κ1) is 14.3. The van der Waals surface area contributed by atoms with E-state index in [1.807, 2.05) is 0 Å². The molecule has 1 aromatic rings. The quantitative estimate of drug-likeness (QED) is 0.914. The molecule has 2 nitrogen and oxygen atoms in total. The molecule has 2 atom stereocenters. The third-order valence-corrected chi connectivity index (χ3v) is 3.38. The van der Waals surface area contributed by atoms with Crippen LogP contribution in [0.15, 0.2) is 24.3 Å². The topological polar surface area (TPSA) is 29.5 Å². The third kappa shape index (κ3) is 4.21. The first-order valence-electron chi connectivity index (χ1n) is 6.37. The van der Waals surface area contributed by atoms with E-state index in [0.29, 0.717) is 25.4 Å². The summed E-state index contributed by atoms with van der Waals surface area (Å²) in [6.45, 7) is 1.40. The summed E-state index contributed by atoms with van der Waals surface area (Å²) in [5, 5.41) is 9.91. The highest BCUT2D eigenvalue weighted by atomic mass is 19.4. The number of hydrogen-bond donors (Lipinski definition) is 1. The predicted octanol–water partition coefficient (Wildman–Crippen LogP) is 3.04. The molecule has 0 saturated carbocycles. The summed E-state index contributed by atoms with van der Waals surface area (Å²) in [6.07, 6.45) is -2.86. The van der Waals surface area contributed by atoms with E-state index in [-0.39, 0.29) is 0 Å². The minimum Gasteiger partial charge on any atom is -0.393 e. The number of halogens is 3. The molecule has 1 N–H and O–H groups in total. The molecule has 1 aromatic carbocycles. The van der Waals surface area contributed by atoms with Gasteiger partial charge in [-0.15, -0.1) is 0 Å². The lowest BCUT2D eigenvalue weighted by Gasteiger charge is -2.15. The van der Waals surface area contributed by atoms with Crippen LogP contribution in [0.5, 0.6) is 0 Å². The van der Waals surface area contributed by atoms with Gasteiger partial charge in [-0.05, 0) is 42.9 Å². The van der Waals surface area contributed by atoms with E-state index in [4.69, 9.17) is 4.74 Å². The van der Waals surface area contributed by atoms with Crippen molar-refractivity contribution in [3.05, 3.63) is 35.4 Å². The summed E-state index contributed by atoms with van der Waals surface area (Å²) < 4.78 is 42.4. The zero-order valence-corrected chi connectivity index (χ0v) is 10.5. The van der Waals surface area contributed by atoms with Gasteiger partial charge in [-0.2, -0.15) is 13.2 Å². The van der Waals surface area contributed by atoms with Crippen molar-refractivity contribution in [3.63, 3.8) is 0 Å². The first-order chi connectivity index (χ1) is 8.95. The lowest BCUT2D eigenvalue weighted by Crippen LogP contribution is -2.16. The van der Waals surface area contributed by atoms with Gasteiger partial charge in [0.05, 0.1) is 11.7 Å². The Bertz CT molecular complexity index is 394. The molecule has 0 aliphatic carbocycles. The Balaban J connectivity index is 1.88. The first-order valence-corrected chi connectivity index (χ1v) is 6.37. The molecule has 1 aliphatic heterocycles. The predicted molar refractivity (Wildman–Crippen MR) is 64.7 cm³/mol. The van der Waals surface area contributed by atoms with Gasteiger partial charge < -0.3 is 9.84 Å². The summed E-state index contributed by atoms with van der Waals surface area (Å²) in [4.78, 5) is 0. The molecule has 1 saturated heterocycles. The monoisotopic (exact) mass is 274 g/mol. The van der Waals surface area contributed by atoms with Crippen LogP contribution in [0.25, 0.3) is 0 Å². The highest BCUT2D eigenvalue weighted by molar-refractivity contribution is 5.25. The molecule has 0 radical (unpaired) electrons. The number of hydrogen-bond acceptors (Lipinski definition) is 2. The minimum atomic E-state index is -4.31. The molecule has 0 spiro atoms. The highest BCUT2D eigenvalue weighted by Crippen LogP contribution is 2.29. The second-order valence-electron chi connectivity index (χ2n) is 5.02. The Morgan fingerprint density at radius 1 is 1.26 bits per heavy atom. The Morgan fingerprint density at radius 2 is 1.95 bits per heavy atom. The second-order valence-corrected chi connectivity index (χ2v) is 5.02. The average Bonchev–Trinajstić information content (AvgIpc) is 2.81. The minimum absolute atomic E-state index is 0.365. The van der Waals surface area contributed by atoms with E-state index in [0.717, 1.165) is 30.7 Å². The van der Waals surface area contributed by atoms with Gasteiger partial charge in [0.1, 0.15) is 0 Å². The normalized spacial score (nSPS) is 21.6. The molecular formula is C14H17F3O2. The standard InChI is InChI=1S/C14H17F3O2/c15-14(16,17)12-3-1-10(2-4-12)7-13(18)8-11-5-6-19-9-11/h1-4,11,13,18H,5-9H2. The largest absolute Gasteiger partial charge is 0.416 e. The molecule has 0 bridgehead atoms. The summed E-state index contributed by atoms with van der Waals surface area (Å²) in [5.41, 5.74) is 0.0642. The van der Waals surface area contributed by atoms with E-state index in [9.17, 15) is 18.3 Å². The Labute approximate surface area is 110 Å². The number of alkyl halides is 3. The maximum atomic E-state index is 12.4. The molecule has 0 amide bonds. The fraction of sp³-hybridized carbons (Fsp3) is 0.571. The van der Waals surface area contributed by atoms with E-state index in [1.165, 1.54) is 12.1 Å². The molecule has 106 valence electrons. The molecule has 2 rings (SSSR count). The zero-order chi connectivity index (χ0) is 13.9. The van der Waals surface area contributed by atoms with Gasteiger partial charge in [0.25, 0.3) is 0 Å². The van der Waals surface area contributed by atoms with Gasteiger partial charge in [-0.1, -0.05) is 12.1 Å². The number of aliphatic hydroxyl groups is 1. The smallest absolute Gasteiger partial charge is 0.393 e. The van der Waals surface area contributed by atoms with Gasteiger partial charge >= 0.3 is 6.18 Å². The lowest BCUT2D eigenvalue weighted by atomic mass is 9.96. The van der Waals surface area contributed by atoms with Crippen molar-refractivity contribution in [1.82, 2.24) is 0 Å². The maximum absolute atomic E-state index is 12.4.